The van der Waals surface area contributed by atoms with Crippen LogP contribution in [0.15, 0.2) is 18.3 Å². The van der Waals surface area contributed by atoms with E-state index in [0.29, 0.717) is 11.5 Å². The summed E-state index contributed by atoms with van der Waals surface area (Å²) < 4.78 is 0. The number of amides is 1. The van der Waals surface area contributed by atoms with Crippen molar-refractivity contribution in [3.63, 3.8) is 0 Å². The number of aromatic nitrogens is 1. The second-order valence-corrected chi connectivity index (χ2v) is 2.80. The van der Waals surface area contributed by atoms with E-state index < -0.39 is 17.9 Å². The first-order chi connectivity index (χ1) is 6.68. The van der Waals surface area contributed by atoms with E-state index in [9.17, 15) is 9.59 Å². The number of carbonyl (C=O) groups is 2. The van der Waals surface area contributed by atoms with E-state index >= 15 is 0 Å². The smallest absolute Gasteiger partial charge is 0.336 e. The Kier molecular flexibility index (Phi) is 1.81. The van der Waals surface area contributed by atoms with Crippen LogP contribution in [-0.4, -0.2) is 28.0 Å². The number of carbonyl (C=O) groups excluding carboxylic acids is 1. The van der Waals surface area contributed by atoms with Crippen LogP contribution < -0.4 is 10.6 Å². The third kappa shape index (κ3) is 1.26. The van der Waals surface area contributed by atoms with Crippen molar-refractivity contribution in [1.29, 1.82) is 0 Å². The molecule has 1 amide bonds. The topological polar surface area (TPSA) is 91.3 Å². The molecule has 72 valence electrons. The van der Waals surface area contributed by atoms with E-state index in [-0.39, 0.29) is 0 Å². The number of carboxylic acids is 1. The van der Waals surface area contributed by atoms with Crippen LogP contribution in [0.3, 0.4) is 0 Å². The fourth-order valence-corrected chi connectivity index (χ4v) is 1.21. The fourth-order valence-electron chi connectivity index (χ4n) is 1.21. The summed E-state index contributed by atoms with van der Waals surface area (Å²) in [6.07, 6.45) is 1.52. The third-order valence-electron chi connectivity index (χ3n) is 1.86. The number of hydrogen-bond donors (Lipinski definition) is 3. The Morgan fingerprint density at radius 1 is 1.57 bits per heavy atom. The van der Waals surface area contributed by atoms with Crippen molar-refractivity contribution in [2.75, 3.05) is 10.6 Å². The molecule has 6 heteroatoms. The number of pyridine rings is 1. The number of nitrogens with zero attached hydrogens (tertiary/aromatic N) is 1. The van der Waals surface area contributed by atoms with Gasteiger partial charge in [0.25, 0.3) is 5.91 Å². The monoisotopic (exact) mass is 193 g/mol. The highest BCUT2D eigenvalue weighted by Gasteiger charge is 2.31. The minimum Gasteiger partial charge on any atom is -0.479 e. The van der Waals surface area contributed by atoms with Crippen LogP contribution in [0.2, 0.25) is 0 Å². The first kappa shape index (κ1) is 8.49. The van der Waals surface area contributed by atoms with E-state index in [0.717, 1.165) is 0 Å². The van der Waals surface area contributed by atoms with Crippen LogP contribution in [0, 0.1) is 0 Å². The molecule has 1 aromatic rings. The van der Waals surface area contributed by atoms with Crippen molar-refractivity contribution in [2.24, 2.45) is 0 Å². The van der Waals surface area contributed by atoms with Crippen molar-refractivity contribution in [2.45, 2.75) is 6.04 Å². The number of aliphatic carboxylic acids is 1. The minimum absolute atomic E-state index is 0.356. The fraction of sp³-hybridized carbons (Fsp3) is 0.125. The predicted molar refractivity (Wildman–Crippen MR) is 47.9 cm³/mol. The van der Waals surface area contributed by atoms with Gasteiger partial charge in [-0.1, -0.05) is 0 Å². The van der Waals surface area contributed by atoms with Crippen LogP contribution >= 0.6 is 0 Å². The zero-order valence-corrected chi connectivity index (χ0v) is 7.02. The Hall–Kier alpha value is -2.11. The summed E-state index contributed by atoms with van der Waals surface area (Å²) in [5.74, 6) is -1.46. The summed E-state index contributed by atoms with van der Waals surface area (Å²) in [6.45, 7) is 0. The molecule has 1 atom stereocenters. The molecular formula is C8H7N3O3. The maximum Gasteiger partial charge on any atom is 0.336 e. The van der Waals surface area contributed by atoms with E-state index in [4.69, 9.17) is 5.11 Å². The molecular weight excluding hydrogens is 186 g/mol. The molecule has 0 aliphatic carbocycles. The average Bonchev–Trinajstić information content (AvgIpc) is 2.16. The molecule has 2 rings (SSSR count). The van der Waals surface area contributed by atoms with Crippen molar-refractivity contribution in [1.82, 2.24) is 4.98 Å². The SMILES string of the molecule is O=C(O)C1Nc2cccnc2NC1=O. The molecule has 1 aliphatic rings. The van der Waals surface area contributed by atoms with E-state index in [1.807, 2.05) is 0 Å². The molecule has 2 heterocycles. The molecule has 3 N–H and O–H groups in total. The van der Waals surface area contributed by atoms with Gasteiger partial charge in [-0.05, 0) is 12.1 Å². The largest absolute Gasteiger partial charge is 0.479 e. The molecule has 6 nitrogen and oxygen atoms in total. The minimum atomic E-state index is -1.24. The summed E-state index contributed by atoms with van der Waals surface area (Å²) in [7, 11) is 0. The lowest BCUT2D eigenvalue weighted by atomic mass is 10.2. The molecule has 0 saturated carbocycles. The average molecular weight is 193 g/mol. The van der Waals surface area contributed by atoms with Gasteiger partial charge in [0.15, 0.2) is 5.82 Å². The van der Waals surface area contributed by atoms with Crippen molar-refractivity contribution in [3.8, 4) is 0 Å². The lowest BCUT2D eigenvalue weighted by Crippen LogP contribution is -2.44. The summed E-state index contributed by atoms with van der Waals surface area (Å²) in [4.78, 5) is 25.7. The zero-order valence-electron chi connectivity index (χ0n) is 7.02. The van der Waals surface area contributed by atoms with E-state index in [1.54, 1.807) is 12.1 Å². The Bertz CT molecular complexity index is 405. The Morgan fingerprint density at radius 3 is 3.07 bits per heavy atom. The third-order valence-corrected chi connectivity index (χ3v) is 1.86. The zero-order chi connectivity index (χ0) is 10.1. The molecule has 1 aromatic heterocycles. The Labute approximate surface area is 79.0 Å². The van der Waals surface area contributed by atoms with Gasteiger partial charge in [-0.2, -0.15) is 0 Å². The number of rotatable bonds is 1. The second-order valence-electron chi connectivity index (χ2n) is 2.80. The van der Waals surface area contributed by atoms with E-state index in [1.165, 1.54) is 6.20 Å². The summed E-state index contributed by atoms with van der Waals surface area (Å²) in [6, 6.07) is 2.06. The molecule has 0 spiro atoms. The molecule has 0 radical (unpaired) electrons. The van der Waals surface area contributed by atoms with Crippen LogP contribution in [0.1, 0.15) is 0 Å². The lowest BCUT2D eigenvalue weighted by molar-refractivity contribution is -0.140. The Morgan fingerprint density at radius 2 is 2.36 bits per heavy atom. The molecule has 0 aromatic carbocycles. The van der Waals surface area contributed by atoms with E-state index in [2.05, 4.69) is 15.6 Å². The van der Waals surface area contributed by atoms with Crippen LogP contribution in [0.25, 0.3) is 0 Å². The first-order valence-corrected chi connectivity index (χ1v) is 3.94. The second kappa shape index (κ2) is 2.99. The summed E-state index contributed by atoms with van der Waals surface area (Å²) in [5, 5.41) is 13.7. The Balaban J connectivity index is 2.36. The lowest BCUT2D eigenvalue weighted by Gasteiger charge is -2.22. The van der Waals surface area contributed by atoms with Crippen molar-refractivity contribution in [3.05, 3.63) is 18.3 Å². The van der Waals surface area contributed by atoms with Gasteiger partial charge in [0.05, 0.1) is 5.69 Å². The normalized spacial score (nSPS) is 19.1. The van der Waals surface area contributed by atoms with Crippen LogP contribution in [0.5, 0.6) is 0 Å². The number of anilines is 2. The predicted octanol–water partition coefficient (Wildman–Crippen LogP) is -0.101. The highest BCUT2D eigenvalue weighted by atomic mass is 16.4. The van der Waals surface area contributed by atoms with Gasteiger partial charge in [-0.15, -0.1) is 0 Å². The van der Waals surface area contributed by atoms with Gasteiger partial charge in [-0.3, -0.25) is 4.79 Å². The van der Waals surface area contributed by atoms with Gasteiger partial charge in [0.1, 0.15) is 0 Å². The standard InChI is InChI=1S/C8H7N3O3/c12-7-5(8(13)14)10-4-2-1-3-9-6(4)11-7/h1-3,5,10H,(H,13,14)(H,9,11,12). The van der Waals surface area contributed by atoms with Crippen molar-refractivity contribution < 1.29 is 14.7 Å². The first-order valence-electron chi connectivity index (χ1n) is 3.94. The maximum atomic E-state index is 11.2. The quantitative estimate of drug-likeness (QED) is 0.541. The maximum absolute atomic E-state index is 11.2. The highest BCUT2D eigenvalue weighted by molar-refractivity contribution is 6.13. The number of fused-ring (bicyclic) bond motifs is 1. The van der Waals surface area contributed by atoms with Gasteiger partial charge >= 0.3 is 5.97 Å². The number of nitrogens with one attached hydrogen (secondary N) is 2. The van der Waals surface area contributed by atoms with Crippen LogP contribution in [0.4, 0.5) is 11.5 Å². The number of hydrogen-bond acceptors (Lipinski definition) is 4. The molecule has 14 heavy (non-hydrogen) atoms. The molecule has 0 fully saturated rings. The molecule has 0 saturated heterocycles. The molecule has 0 bridgehead atoms. The van der Waals surface area contributed by atoms with Gasteiger partial charge in [0.2, 0.25) is 6.04 Å². The van der Waals surface area contributed by atoms with Gasteiger partial charge in [-0.25, -0.2) is 9.78 Å². The highest BCUT2D eigenvalue weighted by Crippen LogP contribution is 2.22. The number of carboxylic acid groups (broad SMARTS) is 1. The molecule has 1 unspecified atom stereocenters. The summed E-state index contributed by atoms with van der Waals surface area (Å²) >= 11 is 0. The van der Waals surface area contributed by atoms with Gasteiger partial charge < -0.3 is 15.7 Å². The van der Waals surface area contributed by atoms with Crippen LogP contribution in [-0.2, 0) is 9.59 Å². The van der Waals surface area contributed by atoms with Crippen molar-refractivity contribution >= 4 is 23.4 Å². The van der Waals surface area contributed by atoms with Gasteiger partial charge in [0, 0.05) is 6.20 Å². The molecule has 1 aliphatic heterocycles. The summed E-state index contributed by atoms with van der Waals surface area (Å²) in [5.41, 5.74) is 0.513.